The van der Waals surface area contributed by atoms with Crippen LogP contribution in [0.5, 0.6) is 0 Å². The van der Waals surface area contributed by atoms with Crippen LogP contribution in [0.1, 0.15) is 25.8 Å². The number of hydrogen-bond donors (Lipinski definition) is 1. The van der Waals surface area contributed by atoms with Crippen molar-refractivity contribution >= 4 is 39.8 Å². The van der Waals surface area contributed by atoms with Crippen LogP contribution in [-0.4, -0.2) is 28.5 Å². The van der Waals surface area contributed by atoms with Gasteiger partial charge in [0.25, 0.3) is 5.56 Å². The van der Waals surface area contributed by atoms with Crippen molar-refractivity contribution in [3.05, 3.63) is 64.2 Å². The van der Waals surface area contributed by atoms with Crippen LogP contribution in [0.25, 0.3) is 10.9 Å². The van der Waals surface area contributed by atoms with Gasteiger partial charge in [0.15, 0.2) is 0 Å². The summed E-state index contributed by atoms with van der Waals surface area (Å²) in [4.78, 5) is 31.9. The Labute approximate surface area is 167 Å². The summed E-state index contributed by atoms with van der Waals surface area (Å²) in [5.41, 5.74) is 1.96. The molecular formula is C21H21ClN4O2. The predicted molar refractivity (Wildman–Crippen MR) is 112 cm³/mol. The highest BCUT2D eigenvalue weighted by Crippen LogP contribution is 2.31. The first kappa shape index (κ1) is 18.5. The Morgan fingerprint density at radius 1 is 1.18 bits per heavy atom. The summed E-state index contributed by atoms with van der Waals surface area (Å²) in [5.74, 6) is -0.302. The van der Waals surface area contributed by atoms with Crippen molar-refractivity contribution in [2.45, 2.75) is 25.8 Å². The van der Waals surface area contributed by atoms with Gasteiger partial charge in [-0.25, -0.2) is 4.98 Å². The number of amides is 1. The Morgan fingerprint density at radius 2 is 1.93 bits per heavy atom. The lowest BCUT2D eigenvalue weighted by molar-refractivity contribution is -0.118. The standard InChI is InChI=1S/C21H21ClN4O2/c1-14(26-13-23-18-7-3-2-6-16(18)21(26)28)20(27)24-15-8-9-19(17(22)12-15)25-10-4-5-11-25/h2-3,6-9,12-14H,4-5,10-11H2,1H3,(H,24,27). The SMILES string of the molecule is CC(C(=O)Nc1ccc(N2CCCC2)c(Cl)c1)n1cnc2ccccc2c1=O. The number of carbonyl (C=O) groups is 1. The molecule has 2 aromatic carbocycles. The third-order valence-corrected chi connectivity index (χ3v) is 5.45. The van der Waals surface area contributed by atoms with E-state index >= 15 is 0 Å². The van der Waals surface area contributed by atoms with Gasteiger partial charge in [-0.05, 0) is 50.1 Å². The van der Waals surface area contributed by atoms with E-state index in [4.69, 9.17) is 11.6 Å². The van der Waals surface area contributed by atoms with Gasteiger partial charge in [-0.15, -0.1) is 0 Å². The number of carbonyl (C=O) groups excluding carboxylic acids is 1. The summed E-state index contributed by atoms with van der Waals surface area (Å²) in [6.45, 7) is 3.67. The lowest BCUT2D eigenvalue weighted by Gasteiger charge is -2.20. The molecule has 1 aromatic heterocycles. The molecule has 1 fully saturated rings. The first-order chi connectivity index (χ1) is 13.5. The van der Waals surface area contributed by atoms with E-state index in [2.05, 4.69) is 15.2 Å². The van der Waals surface area contributed by atoms with E-state index in [1.54, 1.807) is 31.2 Å². The van der Waals surface area contributed by atoms with Gasteiger partial charge in [0.05, 0.1) is 27.9 Å². The second-order valence-corrected chi connectivity index (χ2v) is 7.41. The molecule has 1 aliphatic heterocycles. The summed E-state index contributed by atoms with van der Waals surface area (Å²) >= 11 is 6.42. The zero-order valence-corrected chi connectivity index (χ0v) is 16.3. The number of para-hydroxylation sites is 1. The Kier molecular flexibility index (Phi) is 5.05. The number of rotatable bonds is 4. The third-order valence-electron chi connectivity index (χ3n) is 5.15. The van der Waals surface area contributed by atoms with Crippen molar-refractivity contribution in [2.75, 3.05) is 23.3 Å². The van der Waals surface area contributed by atoms with E-state index in [0.717, 1.165) is 18.8 Å². The van der Waals surface area contributed by atoms with Crippen molar-refractivity contribution in [2.24, 2.45) is 0 Å². The van der Waals surface area contributed by atoms with Gasteiger partial charge < -0.3 is 10.2 Å². The average molecular weight is 397 g/mol. The normalized spacial score (nSPS) is 15.0. The summed E-state index contributed by atoms with van der Waals surface area (Å²) in [5, 5.41) is 3.94. The summed E-state index contributed by atoms with van der Waals surface area (Å²) in [6.07, 6.45) is 3.75. The smallest absolute Gasteiger partial charge is 0.261 e. The van der Waals surface area contributed by atoms with Gasteiger partial charge in [0, 0.05) is 18.8 Å². The second-order valence-electron chi connectivity index (χ2n) is 7.00. The minimum absolute atomic E-state index is 0.240. The van der Waals surface area contributed by atoms with Gasteiger partial charge in [-0.1, -0.05) is 23.7 Å². The minimum Gasteiger partial charge on any atom is -0.370 e. The maximum absolute atomic E-state index is 12.7. The van der Waals surface area contributed by atoms with Crippen molar-refractivity contribution in [3.63, 3.8) is 0 Å². The Balaban J connectivity index is 1.54. The Morgan fingerprint density at radius 3 is 2.68 bits per heavy atom. The summed E-state index contributed by atoms with van der Waals surface area (Å²) in [6, 6.07) is 11.9. The molecule has 2 heterocycles. The van der Waals surface area contributed by atoms with Crippen molar-refractivity contribution in [1.29, 1.82) is 0 Å². The molecule has 1 unspecified atom stereocenters. The lowest BCUT2D eigenvalue weighted by atomic mass is 10.2. The Hall–Kier alpha value is -2.86. The highest BCUT2D eigenvalue weighted by molar-refractivity contribution is 6.33. The molecule has 0 bridgehead atoms. The zero-order valence-electron chi connectivity index (χ0n) is 15.6. The molecule has 144 valence electrons. The number of halogens is 1. The molecule has 6 nitrogen and oxygen atoms in total. The molecule has 0 radical (unpaired) electrons. The van der Waals surface area contributed by atoms with E-state index < -0.39 is 6.04 Å². The second kappa shape index (κ2) is 7.64. The number of hydrogen-bond acceptors (Lipinski definition) is 4. The molecule has 1 N–H and O–H groups in total. The lowest BCUT2D eigenvalue weighted by Crippen LogP contribution is -2.31. The predicted octanol–water partition coefficient (Wildman–Crippen LogP) is 3.85. The van der Waals surface area contributed by atoms with Gasteiger partial charge in [-0.2, -0.15) is 0 Å². The van der Waals surface area contributed by atoms with Crippen molar-refractivity contribution in [3.8, 4) is 0 Å². The number of fused-ring (bicyclic) bond motifs is 1. The fraction of sp³-hybridized carbons (Fsp3) is 0.286. The molecule has 3 aromatic rings. The quantitative estimate of drug-likeness (QED) is 0.727. The van der Waals surface area contributed by atoms with E-state index in [1.807, 2.05) is 18.2 Å². The minimum atomic E-state index is -0.707. The highest BCUT2D eigenvalue weighted by atomic mass is 35.5. The maximum atomic E-state index is 12.7. The number of benzene rings is 2. The van der Waals surface area contributed by atoms with Crippen LogP contribution >= 0.6 is 11.6 Å². The molecule has 0 saturated carbocycles. The van der Waals surface area contributed by atoms with Gasteiger partial charge in [-0.3, -0.25) is 14.2 Å². The number of nitrogens with zero attached hydrogens (tertiary/aromatic N) is 3. The van der Waals surface area contributed by atoms with Crippen LogP contribution in [-0.2, 0) is 4.79 Å². The van der Waals surface area contributed by atoms with Crippen LogP contribution in [0, 0.1) is 0 Å². The van der Waals surface area contributed by atoms with E-state index in [1.165, 1.54) is 23.7 Å². The molecule has 1 amide bonds. The zero-order chi connectivity index (χ0) is 19.7. The maximum Gasteiger partial charge on any atom is 0.261 e. The van der Waals surface area contributed by atoms with Crippen LogP contribution in [0.15, 0.2) is 53.6 Å². The molecule has 1 saturated heterocycles. The number of nitrogens with one attached hydrogen (secondary N) is 1. The van der Waals surface area contributed by atoms with Gasteiger partial charge in [0.2, 0.25) is 5.91 Å². The summed E-state index contributed by atoms with van der Waals surface area (Å²) < 4.78 is 1.35. The molecule has 4 rings (SSSR count). The molecule has 28 heavy (non-hydrogen) atoms. The average Bonchev–Trinajstić information content (AvgIpc) is 3.22. The van der Waals surface area contributed by atoms with Crippen molar-refractivity contribution < 1.29 is 4.79 Å². The van der Waals surface area contributed by atoms with Crippen molar-refractivity contribution in [1.82, 2.24) is 9.55 Å². The first-order valence-electron chi connectivity index (χ1n) is 9.36. The van der Waals surface area contributed by atoms with Gasteiger partial charge >= 0.3 is 0 Å². The molecule has 0 aliphatic carbocycles. The number of aromatic nitrogens is 2. The molecule has 0 spiro atoms. The van der Waals surface area contributed by atoms with E-state index in [-0.39, 0.29) is 11.5 Å². The monoisotopic (exact) mass is 396 g/mol. The first-order valence-corrected chi connectivity index (χ1v) is 9.73. The Bertz CT molecular complexity index is 1090. The third kappa shape index (κ3) is 3.47. The van der Waals surface area contributed by atoms with Crippen LogP contribution in [0.4, 0.5) is 11.4 Å². The topological polar surface area (TPSA) is 67.2 Å². The highest BCUT2D eigenvalue weighted by Gasteiger charge is 2.19. The molecule has 7 heteroatoms. The molecule has 1 atom stereocenters. The largest absolute Gasteiger partial charge is 0.370 e. The molecule has 1 aliphatic rings. The van der Waals surface area contributed by atoms with E-state index in [9.17, 15) is 9.59 Å². The van der Waals surface area contributed by atoms with Crippen LogP contribution in [0.3, 0.4) is 0 Å². The van der Waals surface area contributed by atoms with E-state index in [0.29, 0.717) is 21.6 Å². The number of anilines is 2. The van der Waals surface area contributed by atoms with Gasteiger partial charge in [0.1, 0.15) is 6.04 Å². The summed E-state index contributed by atoms with van der Waals surface area (Å²) in [7, 11) is 0. The molecular weight excluding hydrogens is 376 g/mol. The fourth-order valence-corrected chi connectivity index (χ4v) is 3.83. The van der Waals surface area contributed by atoms with Crippen LogP contribution in [0.2, 0.25) is 5.02 Å². The van der Waals surface area contributed by atoms with Crippen LogP contribution < -0.4 is 15.8 Å². The fourth-order valence-electron chi connectivity index (χ4n) is 3.53.